The van der Waals surface area contributed by atoms with Crippen molar-refractivity contribution >= 4 is 5.69 Å². The largest absolute Gasteiger partial charge is 0.491 e. The van der Waals surface area contributed by atoms with Crippen LogP contribution in [0.5, 0.6) is 5.75 Å². The molecule has 0 aliphatic heterocycles. The lowest BCUT2D eigenvalue weighted by Crippen LogP contribution is -2.03. The minimum atomic E-state index is -0.199. The summed E-state index contributed by atoms with van der Waals surface area (Å²) in [5.41, 5.74) is 5.65. The molecule has 1 aromatic rings. The summed E-state index contributed by atoms with van der Waals surface area (Å²) in [5, 5.41) is 0. The lowest BCUT2D eigenvalue weighted by atomic mass is 10.4. The van der Waals surface area contributed by atoms with Crippen molar-refractivity contribution < 1.29 is 4.74 Å². The maximum atomic E-state index is 11.1. The number of methoxy groups -OCH3 is 1. The summed E-state index contributed by atoms with van der Waals surface area (Å²) in [6.45, 7) is 0. The summed E-state index contributed by atoms with van der Waals surface area (Å²) >= 11 is 0. The molecule has 0 aliphatic carbocycles. The van der Waals surface area contributed by atoms with Crippen molar-refractivity contribution in [3.05, 3.63) is 34.5 Å². The summed E-state index contributed by atoms with van der Waals surface area (Å²) in [5.74, 6) is 0.204. The van der Waals surface area contributed by atoms with E-state index >= 15 is 0 Å². The molecule has 0 atom stereocenters. The molecule has 0 heterocycles. The van der Waals surface area contributed by atoms with Gasteiger partial charge in [-0.2, -0.15) is 0 Å². The van der Waals surface area contributed by atoms with Crippen molar-refractivity contribution in [1.29, 1.82) is 0 Å². The second-order valence-electron chi connectivity index (χ2n) is 2.07. The lowest BCUT2D eigenvalue weighted by Gasteiger charge is -1.96. The van der Waals surface area contributed by atoms with E-state index in [2.05, 4.69) is 0 Å². The van der Waals surface area contributed by atoms with Crippen molar-refractivity contribution in [2.45, 2.75) is 0 Å². The van der Waals surface area contributed by atoms with Gasteiger partial charge >= 0.3 is 0 Å². The average Bonchev–Trinajstić information content (AvgIpc) is 2.12. The van der Waals surface area contributed by atoms with E-state index in [9.17, 15) is 4.79 Å². The molecule has 1 aromatic carbocycles. The van der Waals surface area contributed by atoms with Gasteiger partial charge in [0, 0.05) is 0 Å². The van der Waals surface area contributed by atoms with E-state index in [0.29, 0.717) is 5.69 Å². The number of nitrogens with two attached hydrogens (primary N) is 1. The van der Waals surface area contributed by atoms with Gasteiger partial charge in [0.15, 0.2) is 5.75 Å². The molecule has 58 valence electrons. The minimum absolute atomic E-state index is 0.199. The van der Waals surface area contributed by atoms with Gasteiger partial charge in [0.05, 0.1) is 12.8 Å². The molecule has 0 spiro atoms. The van der Waals surface area contributed by atoms with E-state index in [1.165, 1.54) is 13.2 Å². The molecule has 1 rings (SSSR count). The van der Waals surface area contributed by atoms with Gasteiger partial charge in [-0.3, -0.25) is 4.79 Å². The molecule has 0 bridgehead atoms. The second-order valence-corrected chi connectivity index (χ2v) is 2.07. The van der Waals surface area contributed by atoms with E-state index < -0.39 is 0 Å². The van der Waals surface area contributed by atoms with Gasteiger partial charge in [-0.05, 0) is 12.1 Å². The molecule has 0 unspecified atom stereocenters. The first-order chi connectivity index (χ1) is 5.25. The molecular formula is C8H9NO2. The Morgan fingerprint density at radius 3 is 2.64 bits per heavy atom. The number of rotatable bonds is 1. The Morgan fingerprint density at radius 1 is 1.36 bits per heavy atom. The summed E-state index contributed by atoms with van der Waals surface area (Å²) in [4.78, 5) is 11.1. The van der Waals surface area contributed by atoms with Crippen LogP contribution in [0.25, 0.3) is 0 Å². The third-order valence-corrected chi connectivity index (χ3v) is 1.32. The molecule has 0 aliphatic rings. The number of nitrogen functional groups attached to an aromatic ring is 1. The highest BCUT2D eigenvalue weighted by molar-refractivity contribution is 5.50. The highest BCUT2D eigenvalue weighted by Gasteiger charge is 1.98. The van der Waals surface area contributed by atoms with Crippen molar-refractivity contribution in [3.63, 3.8) is 0 Å². The maximum Gasteiger partial charge on any atom is 0.222 e. The Morgan fingerprint density at radius 2 is 2.00 bits per heavy atom. The van der Waals surface area contributed by atoms with E-state index in [1.54, 1.807) is 18.2 Å². The van der Waals surface area contributed by atoms with Gasteiger partial charge in [0.1, 0.15) is 0 Å². The standard InChI is InChI=1S/C8H9NO2/c1-11-8-6(9)4-2-3-5-7(8)10/h2-5H,9H2,1H3. The van der Waals surface area contributed by atoms with Crippen molar-refractivity contribution in [3.8, 4) is 5.75 Å². The smallest absolute Gasteiger partial charge is 0.222 e. The van der Waals surface area contributed by atoms with Gasteiger partial charge in [0.25, 0.3) is 0 Å². The Bertz CT molecular complexity index is 309. The first-order valence-electron chi connectivity index (χ1n) is 3.18. The maximum absolute atomic E-state index is 11.1. The van der Waals surface area contributed by atoms with Gasteiger partial charge in [-0.25, -0.2) is 0 Å². The monoisotopic (exact) mass is 151 g/mol. The fourth-order valence-electron chi connectivity index (χ4n) is 0.814. The van der Waals surface area contributed by atoms with Crippen LogP contribution >= 0.6 is 0 Å². The fourth-order valence-corrected chi connectivity index (χ4v) is 0.814. The Hall–Kier alpha value is -1.51. The number of hydrogen-bond acceptors (Lipinski definition) is 3. The number of ether oxygens (including phenoxy) is 1. The van der Waals surface area contributed by atoms with Crippen LogP contribution in [0.1, 0.15) is 0 Å². The van der Waals surface area contributed by atoms with Crippen LogP contribution in [-0.2, 0) is 0 Å². The predicted molar refractivity (Wildman–Crippen MR) is 43.7 cm³/mol. The summed E-state index contributed by atoms with van der Waals surface area (Å²) in [6.07, 6.45) is 0. The molecule has 0 fully saturated rings. The molecule has 0 aromatic heterocycles. The van der Waals surface area contributed by atoms with Crippen LogP contribution in [0.3, 0.4) is 0 Å². The zero-order valence-electron chi connectivity index (χ0n) is 6.20. The summed E-state index contributed by atoms with van der Waals surface area (Å²) < 4.78 is 4.80. The van der Waals surface area contributed by atoms with Gasteiger partial charge < -0.3 is 10.5 Å². The quantitative estimate of drug-likeness (QED) is 0.640. The SMILES string of the molecule is COc1c(N)ccccc1=O. The van der Waals surface area contributed by atoms with Gasteiger partial charge in [-0.1, -0.05) is 12.1 Å². The van der Waals surface area contributed by atoms with Crippen LogP contribution in [-0.4, -0.2) is 7.11 Å². The number of hydrogen-bond donors (Lipinski definition) is 1. The molecular weight excluding hydrogens is 142 g/mol. The van der Waals surface area contributed by atoms with E-state index in [1.807, 2.05) is 0 Å². The summed E-state index contributed by atoms with van der Waals surface area (Å²) in [6, 6.07) is 6.36. The molecule has 0 saturated heterocycles. The average molecular weight is 151 g/mol. The third-order valence-electron chi connectivity index (χ3n) is 1.32. The van der Waals surface area contributed by atoms with Crippen molar-refractivity contribution in [2.24, 2.45) is 0 Å². The Kier molecular flexibility index (Phi) is 2.11. The number of anilines is 1. The highest BCUT2D eigenvalue weighted by Crippen LogP contribution is 2.11. The second kappa shape index (κ2) is 3.05. The Labute approximate surface area is 64.4 Å². The van der Waals surface area contributed by atoms with Crippen LogP contribution in [0, 0.1) is 0 Å². The van der Waals surface area contributed by atoms with Crippen molar-refractivity contribution in [2.75, 3.05) is 12.8 Å². The lowest BCUT2D eigenvalue weighted by molar-refractivity contribution is 0.413. The molecule has 0 amide bonds. The highest BCUT2D eigenvalue weighted by atomic mass is 16.5. The van der Waals surface area contributed by atoms with Gasteiger partial charge in [-0.15, -0.1) is 0 Å². The van der Waals surface area contributed by atoms with Gasteiger partial charge in [0.2, 0.25) is 5.43 Å². The Balaban J connectivity index is 3.44. The third kappa shape index (κ3) is 1.49. The van der Waals surface area contributed by atoms with Crippen LogP contribution in [0.4, 0.5) is 5.69 Å². The van der Waals surface area contributed by atoms with E-state index in [4.69, 9.17) is 10.5 Å². The first-order valence-corrected chi connectivity index (χ1v) is 3.18. The molecule has 0 saturated carbocycles. The van der Waals surface area contributed by atoms with Crippen LogP contribution in [0.15, 0.2) is 29.1 Å². The van der Waals surface area contributed by atoms with E-state index in [0.717, 1.165) is 0 Å². The first kappa shape index (κ1) is 7.60. The van der Waals surface area contributed by atoms with Crippen LogP contribution < -0.4 is 15.9 Å². The molecule has 11 heavy (non-hydrogen) atoms. The predicted octanol–water partition coefficient (Wildman–Crippen LogP) is 0.638. The summed E-state index contributed by atoms with van der Waals surface area (Å²) in [7, 11) is 1.42. The normalized spacial score (nSPS) is 9.18. The van der Waals surface area contributed by atoms with Crippen LogP contribution in [0.2, 0.25) is 0 Å². The molecule has 3 heteroatoms. The molecule has 3 nitrogen and oxygen atoms in total. The zero-order chi connectivity index (χ0) is 8.27. The topological polar surface area (TPSA) is 52.3 Å². The molecule has 2 N–H and O–H groups in total. The van der Waals surface area contributed by atoms with Crippen molar-refractivity contribution in [1.82, 2.24) is 0 Å². The molecule has 0 radical (unpaired) electrons. The fraction of sp³-hybridized carbons (Fsp3) is 0.125. The zero-order valence-corrected chi connectivity index (χ0v) is 6.20. The van der Waals surface area contributed by atoms with E-state index in [-0.39, 0.29) is 11.2 Å². The minimum Gasteiger partial charge on any atom is -0.491 e.